The van der Waals surface area contributed by atoms with E-state index in [0.717, 1.165) is 24.2 Å². The highest BCUT2D eigenvalue weighted by molar-refractivity contribution is 7.18. The van der Waals surface area contributed by atoms with Crippen LogP contribution in [-0.2, 0) is 9.53 Å². The Morgan fingerprint density at radius 1 is 1.40 bits per heavy atom. The zero-order valence-corrected chi connectivity index (χ0v) is 12.7. The Kier molecular flexibility index (Phi) is 6.19. The smallest absolute Gasteiger partial charge is 0.348 e. The van der Waals surface area contributed by atoms with Gasteiger partial charge in [0, 0.05) is 6.42 Å². The van der Waals surface area contributed by atoms with Crippen molar-refractivity contribution in [1.29, 1.82) is 5.26 Å². The van der Waals surface area contributed by atoms with Gasteiger partial charge >= 0.3 is 5.97 Å². The van der Waals surface area contributed by atoms with Gasteiger partial charge in [-0.2, -0.15) is 5.26 Å². The van der Waals surface area contributed by atoms with E-state index in [4.69, 9.17) is 10.00 Å². The fourth-order valence-corrected chi connectivity index (χ4v) is 2.72. The minimum Gasteiger partial charge on any atom is -0.462 e. The fraction of sp³-hybridized carbons (Fsp3) is 0.500. The number of nitriles is 1. The van der Waals surface area contributed by atoms with E-state index in [2.05, 4.69) is 5.32 Å². The van der Waals surface area contributed by atoms with Crippen LogP contribution in [0.5, 0.6) is 0 Å². The average Bonchev–Trinajstić information content (AvgIpc) is 2.72. The Labute approximate surface area is 122 Å². The predicted molar refractivity (Wildman–Crippen MR) is 77.9 cm³/mol. The number of thiophene rings is 1. The van der Waals surface area contributed by atoms with Gasteiger partial charge in [0.2, 0.25) is 5.91 Å². The number of hydrogen-bond donors (Lipinski definition) is 1. The molecule has 0 aliphatic carbocycles. The summed E-state index contributed by atoms with van der Waals surface area (Å²) >= 11 is 1.09. The van der Waals surface area contributed by atoms with Gasteiger partial charge in [0.05, 0.1) is 12.2 Å². The highest BCUT2D eigenvalue weighted by Gasteiger charge is 2.21. The highest BCUT2D eigenvalue weighted by Crippen LogP contribution is 2.33. The minimum absolute atomic E-state index is 0.139. The molecule has 1 aromatic rings. The molecule has 0 spiro atoms. The quantitative estimate of drug-likeness (QED) is 0.817. The minimum atomic E-state index is -0.458. The van der Waals surface area contributed by atoms with Gasteiger partial charge < -0.3 is 10.1 Å². The second kappa shape index (κ2) is 7.65. The number of nitrogens with one attached hydrogen (secondary N) is 1. The second-order valence-corrected chi connectivity index (χ2v) is 5.26. The van der Waals surface area contributed by atoms with Gasteiger partial charge in [-0.1, -0.05) is 13.3 Å². The molecule has 1 aromatic heterocycles. The molecule has 0 aliphatic heterocycles. The van der Waals surface area contributed by atoms with Crippen molar-refractivity contribution in [3.63, 3.8) is 0 Å². The summed E-state index contributed by atoms with van der Waals surface area (Å²) < 4.78 is 4.94. The molecule has 0 aliphatic rings. The number of amides is 1. The maximum absolute atomic E-state index is 11.8. The van der Waals surface area contributed by atoms with Crippen LogP contribution in [0.1, 0.15) is 53.9 Å². The van der Waals surface area contributed by atoms with Crippen LogP contribution >= 0.6 is 11.3 Å². The molecule has 20 heavy (non-hydrogen) atoms. The number of esters is 1. The Hall–Kier alpha value is -1.87. The first-order chi connectivity index (χ1) is 9.54. The SMILES string of the molecule is CCCCC(=O)Nc1sc(C(=O)OCC)c(C)c1C#N. The number of ether oxygens (including phenoxy) is 1. The van der Waals surface area contributed by atoms with E-state index in [1.54, 1.807) is 13.8 Å². The molecule has 0 atom stereocenters. The lowest BCUT2D eigenvalue weighted by atomic mass is 10.1. The molecule has 0 saturated heterocycles. The second-order valence-electron chi connectivity index (χ2n) is 4.24. The highest BCUT2D eigenvalue weighted by atomic mass is 32.1. The molecule has 0 fully saturated rings. The number of unbranched alkanes of at least 4 members (excludes halogenated alkanes) is 1. The van der Waals surface area contributed by atoms with Crippen molar-refractivity contribution < 1.29 is 14.3 Å². The first kappa shape index (κ1) is 16.2. The molecule has 0 bridgehead atoms. The Morgan fingerprint density at radius 2 is 2.10 bits per heavy atom. The summed E-state index contributed by atoms with van der Waals surface area (Å²) in [5.41, 5.74) is 0.893. The van der Waals surface area contributed by atoms with E-state index < -0.39 is 5.97 Å². The molecule has 1 heterocycles. The average molecular weight is 294 g/mol. The Bertz CT molecular complexity index is 543. The molecule has 5 nitrogen and oxygen atoms in total. The monoisotopic (exact) mass is 294 g/mol. The molecular formula is C14H18N2O3S. The van der Waals surface area contributed by atoms with Gasteiger partial charge in [0.25, 0.3) is 0 Å². The summed E-state index contributed by atoms with van der Waals surface area (Å²) in [5.74, 6) is -0.597. The van der Waals surface area contributed by atoms with Crippen molar-refractivity contribution >= 4 is 28.2 Å². The van der Waals surface area contributed by atoms with E-state index in [1.807, 2.05) is 13.0 Å². The number of hydrogen-bond acceptors (Lipinski definition) is 5. The molecule has 1 N–H and O–H groups in total. The van der Waals surface area contributed by atoms with Gasteiger partial charge in [-0.3, -0.25) is 4.79 Å². The van der Waals surface area contributed by atoms with E-state index in [9.17, 15) is 9.59 Å². The summed E-state index contributed by atoms with van der Waals surface area (Å²) in [4.78, 5) is 23.9. The summed E-state index contributed by atoms with van der Waals surface area (Å²) in [7, 11) is 0. The lowest BCUT2D eigenvalue weighted by Crippen LogP contribution is -2.10. The van der Waals surface area contributed by atoms with Crippen molar-refractivity contribution in [2.24, 2.45) is 0 Å². The van der Waals surface area contributed by atoms with Crippen LogP contribution in [0.3, 0.4) is 0 Å². The van der Waals surface area contributed by atoms with Gasteiger partial charge in [0.1, 0.15) is 15.9 Å². The van der Waals surface area contributed by atoms with Crippen LogP contribution in [0.2, 0.25) is 0 Å². The molecule has 108 valence electrons. The van der Waals surface area contributed by atoms with Gasteiger partial charge in [-0.15, -0.1) is 11.3 Å². The Balaban J connectivity index is 2.97. The van der Waals surface area contributed by atoms with Gasteiger partial charge in [-0.25, -0.2) is 4.79 Å². The van der Waals surface area contributed by atoms with E-state index in [1.165, 1.54) is 0 Å². The number of carbonyl (C=O) groups is 2. The molecule has 1 amide bonds. The zero-order chi connectivity index (χ0) is 15.1. The van der Waals surface area contributed by atoms with Crippen LogP contribution in [-0.4, -0.2) is 18.5 Å². The maximum atomic E-state index is 11.8. The zero-order valence-electron chi connectivity index (χ0n) is 11.9. The molecule has 0 saturated carbocycles. The predicted octanol–water partition coefficient (Wildman–Crippen LogP) is 3.23. The van der Waals surface area contributed by atoms with Crippen molar-refractivity contribution in [2.45, 2.75) is 40.0 Å². The van der Waals surface area contributed by atoms with E-state index >= 15 is 0 Å². The Morgan fingerprint density at radius 3 is 2.65 bits per heavy atom. The molecule has 6 heteroatoms. The lowest BCUT2D eigenvalue weighted by Gasteiger charge is -2.01. The topological polar surface area (TPSA) is 79.2 Å². The fourth-order valence-electron chi connectivity index (χ4n) is 1.65. The molecule has 0 aromatic carbocycles. The maximum Gasteiger partial charge on any atom is 0.348 e. The summed E-state index contributed by atoms with van der Waals surface area (Å²) in [5, 5.41) is 12.3. The van der Waals surface area contributed by atoms with Crippen LogP contribution in [0.15, 0.2) is 0 Å². The third kappa shape index (κ3) is 3.81. The van der Waals surface area contributed by atoms with Crippen LogP contribution in [0.4, 0.5) is 5.00 Å². The number of rotatable bonds is 6. The van der Waals surface area contributed by atoms with Crippen molar-refractivity contribution in [2.75, 3.05) is 11.9 Å². The van der Waals surface area contributed by atoms with Crippen molar-refractivity contribution in [3.8, 4) is 6.07 Å². The first-order valence-electron chi connectivity index (χ1n) is 6.55. The summed E-state index contributed by atoms with van der Waals surface area (Å²) in [6.07, 6.45) is 2.13. The molecule has 0 unspecified atom stereocenters. The first-order valence-corrected chi connectivity index (χ1v) is 7.37. The summed E-state index contributed by atoms with van der Waals surface area (Å²) in [6.45, 7) is 5.68. The molecule has 1 rings (SSSR count). The van der Waals surface area contributed by atoms with E-state index in [-0.39, 0.29) is 12.5 Å². The normalized spacial score (nSPS) is 9.90. The standard InChI is InChI=1S/C14H18N2O3S/c1-4-6-7-11(17)16-13-10(8-15)9(3)12(20-13)14(18)19-5-2/h4-7H2,1-3H3,(H,16,17). The number of carbonyl (C=O) groups excluding carboxylic acids is 2. The lowest BCUT2D eigenvalue weighted by molar-refractivity contribution is -0.116. The number of nitrogens with zero attached hydrogens (tertiary/aromatic N) is 1. The third-order valence-corrected chi connectivity index (χ3v) is 3.92. The van der Waals surface area contributed by atoms with Gasteiger partial charge in [0.15, 0.2) is 0 Å². The van der Waals surface area contributed by atoms with Crippen molar-refractivity contribution in [1.82, 2.24) is 0 Å². The van der Waals surface area contributed by atoms with E-state index in [0.29, 0.717) is 27.4 Å². The molecule has 0 radical (unpaired) electrons. The van der Waals surface area contributed by atoms with Crippen LogP contribution in [0, 0.1) is 18.3 Å². The van der Waals surface area contributed by atoms with Gasteiger partial charge in [-0.05, 0) is 25.8 Å². The van der Waals surface area contributed by atoms with Crippen LogP contribution < -0.4 is 5.32 Å². The summed E-state index contributed by atoms with van der Waals surface area (Å²) in [6, 6.07) is 2.03. The number of anilines is 1. The largest absolute Gasteiger partial charge is 0.462 e. The van der Waals surface area contributed by atoms with Crippen LogP contribution in [0.25, 0.3) is 0 Å². The van der Waals surface area contributed by atoms with Crippen molar-refractivity contribution in [3.05, 3.63) is 16.0 Å². The molecular weight excluding hydrogens is 276 g/mol. The third-order valence-electron chi connectivity index (χ3n) is 2.73.